The number of para-hydroxylation sites is 3. The zero-order valence-electron chi connectivity index (χ0n) is 33.7. The van der Waals surface area contributed by atoms with Crippen molar-refractivity contribution in [3.05, 3.63) is 235 Å². The summed E-state index contributed by atoms with van der Waals surface area (Å²) in [5, 5.41) is 7.44. The normalized spacial score (nSPS) is 12.8. The second kappa shape index (κ2) is 13.8. The van der Waals surface area contributed by atoms with Gasteiger partial charge in [-0.25, -0.2) is 4.99 Å². The van der Waals surface area contributed by atoms with Crippen LogP contribution in [0.4, 0.5) is 0 Å². The molecule has 0 N–H and O–H groups in total. The van der Waals surface area contributed by atoms with E-state index in [0.29, 0.717) is 0 Å². The third-order valence-electron chi connectivity index (χ3n) is 12.6. The summed E-state index contributed by atoms with van der Waals surface area (Å²) in [5.74, 6) is 0. The Hall–Kier alpha value is -8.01. The van der Waals surface area contributed by atoms with Crippen molar-refractivity contribution in [2.45, 2.75) is 6.92 Å². The van der Waals surface area contributed by atoms with Crippen molar-refractivity contribution < 1.29 is 0 Å². The number of aliphatic imine (C=N–C) groups is 1. The van der Waals surface area contributed by atoms with Crippen LogP contribution >= 0.6 is 0 Å². The van der Waals surface area contributed by atoms with E-state index in [1.807, 2.05) is 18.2 Å². The third-order valence-corrected chi connectivity index (χ3v) is 12.6. The molecule has 11 aromatic rings. The van der Waals surface area contributed by atoms with Crippen LogP contribution in [-0.2, 0) is 0 Å². The monoisotopic (exact) mass is 777 g/mol. The van der Waals surface area contributed by atoms with Gasteiger partial charge in [0.1, 0.15) is 0 Å². The summed E-state index contributed by atoms with van der Waals surface area (Å²) < 4.78 is 4.89. The zero-order valence-corrected chi connectivity index (χ0v) is 33.7. The Balaban J connectivity index is 1.09. The molecule has 0 atom stereocenters. The van der Waals surface area contributed by atoms with Crippen LogP contribution in [0.15, 0.2) is 218 Å². The maximum atomic E-state index is 5.33. The van der Waals surface area contributed by atoms with Crippen LogP contribution in [0.25, 0.3) is 93.7 Å². The van der Waals surface area contributed by atoms with Gasteiger partial charge in [-0.3, -0.25) is 0 Å². The number of hydrogen-bond acceptors (Lipinski definition) is 1. The molecule has 0 saturated carbocycles. The van der Waals surface area contributed by atoms with E-state index in [2.05, 4.69) is 211 Å². The van der Waals surface area contributed by atoms with Gasteiger partial charge < -0.3 is 9.13 Å². The van der Waals surface area contributed by atoms with Crippen molar-refractivity contribution in [3.63, 3.8) is 0 Å². The lowest BCUT2D eigenvalue weighted by Crippen LogP contribution is -2.05. The van der Waals surface area contributed by atoms with Crippen molar-refractivity contribution in [2.75, 3.05) is 0 Å². The Labute approximate surface area is 354 Å². The number of benzene rings is 9. The predicted octanol–water partition coefficient (Wildman–Crippen LogP) is 15.1. The molecule has 2 heterocycles. The molecule has 0 radical (unpaired) electrons. The van der Waals surface area contributed by atoms with Crippen molar-refractivity contribution >= 4 is 76.9 Å². The molecule has 1 aliphatic carbocycles. The second-order valence-electron chi connectivity index (χ2n) is 15.9. The summed E-state index contributed by atoms with van der Waals surface area (Å²) in [7, 11) is 0. The van der Waals surface area contributed by atoms with Gasteiger partial charge in [-0.05, 0) is 88.2 Å². The molecular weight excluding hydrogens is 739 g/mol. The van der Waals surface area contributed by atoms with Gasteiger partial charge in [-0.2, -0.15) is 0 Å². The van der Waals surface area contributed by atoms with Crippen molar-refractivity contribution in [1.29, 1.82) is 0 Å². The quantitative estimate of drug-likeness (QED) is 0.144. The predicted molar refractivity (Wildman–Crippen MR) is 259 cm³/mol. The molecule has 0 bridgehead atoms. The molecule has 0 unspecified atom stereocenters. The van der Waals surface area contributed by atoms with Gasteiger partial charge in [0.15, 0.2) is 0 Å². The molecule has 0 saturated heterocycles. The maximum Gasteiger partial charge on any atom is 0.0790 e. The number of hydrogen-bond donors (Lipinski definition) is 0. The zero-order chi connectivity index (χ0) is 40.6. The van der Waals surface area contributed by atoms with Crippen LogP contribution in [0.3, 0.4) is 0 Å². The van der Waals surface area contributed by atoms with Crippen LogP contribution in [-0.4, -0.2) is 14.8 Å². The fourth-order valence-corrected chi connectivity index (χ4v) is 10.0. The van der Waals surface area contributed by atoms with Crippen LogP contribution in [0.5, 0.6) is 0 Å². The van der Waals surface area contributed by atoms with Crippen molar-refractivity contribution in [2.24, 2.45) is 4.99 Å². The molecule has 9 aromatic carbocycles. The molecular formula is C58H39N3. The topological polar surface area (TPSA) is 22.2 Å². The number of aromatic nitrogens is 2. The number of allylic oxidation sites excluding steroid dienone is 2. The van der Waals surface area contributed by atoms with Gasteiger partial charge in [0.2, 0.25) is 0 Å². The van der Waals surface area contributed by atoms with E-state index < -0.39 is 0 Å². The highest BCUT2D eigenvalue weighted by Crippen LogP contribution is 2.48. The number of fused-ring (bicyclic) bond motifs is 6. The fourth-order valence-electron chi connectivity index (χ4n) is 10.0. The van der Waals surface area contributed by atoms with Gasteiger partial charge in [0.05, 0.1) is 39.2 Å². The standard InChI is InChI=1S/C58H39N3/c1-37-42-27-16-30-45-51(36-35-48(55(42)45)54(37)58(40-21-8-4-9-22-40)59-38(2)39-19-6-3-7-20-39)61-50-32-15-13-26-47(50)57-44(29-18-34-53(57)61)43-28-17-33-52-56(43)46-25-12-14-31-49(46)60(52)41-23-10-5-11-24-41/h3-36H,2H2,1H3. The van der Waals surface area contributed by atoms with E-state index in [1.165, 1.54) is 82.2 Å². The van der Waals surface area contributed by atoms with E-state index in [-0.39, 0.29) is 0 Å². The Kier molecular flexibility index (Phi) is 7.91. The Morgan fingerprint density at radius 1 is 0.393 bits per heavy atom. The number of nitrogens with zero attached hydrogens (tertiary/aromatic N) is 3. The summed E-state index contributed by atoms with van der Waals surface area (Å²) >= 11 is 0. The minimum atomic E-state index is 0.741. The first-order valence-corrected chi connectivity index (χ1v) is 20.9. The summed E-state index contributed by atoms with van der Waals surface area (Å²) in [6.07, 6.45) is 0. The smallest absolute Gasteiger partial charge is 0.0790 e. The summed E-state index contributed by atoms with van der Waals surface area (Å²) in [6.45, 7) is 6.70. The van der Waals surface area contributed by atoms with Gasteiger partial charge in [0, 0.05) is 43.8 Å². The average molecular weight is 778 g/mol. The lowest BCUT2D eigenvalue weighted by molar-refractivity contribution is 1.18. The highest BCUT2D eigenvalue weighted by atomic mass is 15.0. The second-order valence-corrected chi connectivity index (χ2v) is 15.9. The van der Waals surface area contributed by atoms with Crippen LogP contribution in [0, 0.1) is 0 Å². The summed E-state index contributed by atoms with van der Waals surface area (Å²) in [6, 6.07) is 74.2. The molecule has 0 aliphatic heterocycles. The molecule has 61 heavy (non-hydrogen) atoms. The molecule has 286 valence electrons. The Morgan fingerprint density at radius 2 is 0.885 bits per heavy atom. The van der Waals surface area contributed by atoms with E-state index in [0.717, 1.165) is 39.5 Å². The number of rotatable bonds is 7. The first kappa shape index (κ1) is 35.0. The Morgan fingerprint density at radius 3 is 1.54 bits per heavy atom. The SMILES string of the molecule is C=C(N=C(C1=C(C)c2cccc3c(-n4c5ccccc5c5c(-c6cccc7c6c6ccccc6n7-c6ccccc6)cccc54)ccc1c23)c1ccccc1)c1ccccc1. The van der Waals surface area contributed by atoms with Crippen molar-refractivity contribution in [1.82, 2.24) is 9.13 Å². The van der Waals surface area contributed by atoms with Gasteiger partial charge in [-0.15, -0.1) is 0 Å². The third kappa shape index (κ3) is 5.27. The first-order chi connectivity index (χ1) is 30.2. The van der Waals surface area contributed by atoms with Gasteiger partial charge in [0.25, 0.3) is 0 Å². The maximum absolute atomic E-state index is 5.33. The summed E-state index contributed by atoms with van der Waals surface area (Å²) in [5.41, 5.74) is 18.1. The van der Waals surface area contributed by atoms with E-state index >= 15 is 0 Å². The molecule has 0 spiro atoms. The molecule has 2 aromatic heterocycles. The molecule has 3 heteroatoms. The molecule has 0 amide bonds. The van der Waals surface area contributed by atoms with Gasteiger partial charge in [-0.1, -0.05) is 170 Å². The average Bonchev–Trinajstić information content (AvgIpc) is 3.95. The largest absolute Gasteiger partial charge is 0.309 e. The minimum absolute atomic E-state index is 0.741. The van der Waals surface area contributed by atoms with Crippen LogP contribution in [0.2, 0.25) is 0 Å². The molecule has 0 fully saturated rings. The lowest BCUT2D eigenvalue weighted by Gasteiger charge is -2.16. The van der Waals surface area contributed by atoms with E-state index in [4.69, 9.17) is 4.99 Å². The highest BCUT2D eigenvalue weighted by molar-refractivity contribution is 6.42. The Bertz CT molecular complexity index is 3640. The van der Waals surface area contributed by atoms with E-state index in [9.17, 15) is 0 Å². The van der Waals surface area contributed by atoms with Crippen LogP contribution < -0.4 is 0 Å². The van der Waals surface area contributed by atoms with Crippen molar-refractivity contribution in [3.8, 4) is 22.5 Å². The molecule has 12 rings (SSSR count). The highest BCUT2D eigenvalue weighted by Gasteiger charge is 2.28. The molecule has 1 aliphatic rings. The first-order valence-electron chi connectivity index (χ1n) is 20.9. The lowest BCUT2D eigenvalue weighted by atomic mass is 9.94. The summed E-state index contributed by atoms with van der Waals surface area (Å²) in [4.78, 5) is 5.33. The minimum Gasteiger partial charge on any atom is -0.309 e. The van der Waals surface area contributed by atoms with E-state index in [1.54, 1.807) is 0 Å². The fraction of sp³-hybridized carbons (Fsp3) is 0.0172. The molecule has 3 nitrogen and oxygen atoms in total. The van der Waals surface area contributed by atoms with Gasteiger partial charge >= 0.3 is 0 Å². The van der Waals surface area contributed by atoms with Crippen LogP contribution in [0.1, 0.15) is 29.2 Å².